The Morgan fingerprint density at radius 3 is 2.55 bits per heavy atom. The van der Waals surface area contributed by atoms with Crippen molar-refractivity contribution in [2.75, 3.05) is 19.0 Å². The number of amides is 1. The van der Waals surface area contributed by atoms with Crippen molar-refractivity contribution in [2.45, 2.75) is 6.92 Å². The van der Waals surface area contributed by atoms with Crippen molar-refractivity contribution in [3.05, 3.63) is 41.7 Å². The molecule has 0 saturated carbocycles. The molecule has 1 amide bonds. The first-order valence-corrected chi connectivity index (χ1v) is 6.71. The number of aromatic nitrogens is 2. The number of esters is 1. The summed E-state index contributed by atoms with van der Waals surface area (Å²) in [5.41, 5.74) is 0.806. The Labute approximate surface area is 127 Å². The van der Waals surface area contributed by atoms with Crippen LogP contribution in [0, 0.1) is 0 Å². The number of benzene rings is 1. The summed E-state index contributed by atoms with van der Waals surface area (Å²) in [6.07, 6.45) is 1.54. The monoisotopic (exact) mass is 303 g/mol. The number of anilines is 1. The molecule has 1 heterocycles. The maximum Gasteiger partial charge on any atom is 0.360 e. The van der Waals surface area contributed by atoms with E-state index >= 15 is 0 Å². The maximum atomic E-state index is 12.2. The minimum absolute atomic E-state index is 0.0595. The lowest BCUT2D eigenvalue weighted by molar-refractivity contribution is 0.0594. The lowest BCUT2D eigenvalue weighted by Crippen LogP contribution is -2.14. The molecular formula is C15H17N3O4. The average Bonchev–Trinajstić information content (AvgIpc) is 2.88. The third kappa shape index (κ3) is 3.43. The van der Waals surface area contributed by atoms with E-state index in [1.807, 2.05) is 6.92 Å². The SMILES string of the molecule is CCOc1ccc(C(=O)Nc2cn(C)nc2C(=O)OC)cc1. The molecule has 0 aliphatic carbocycles. The van der Waals surface area contributed by atoms with Crippen LogP contribution in [0.1, 0.15) is 27.8 Å². The van der Waals surface area contributed by atoms with E-state index in [0.29, 0.717) is 23.6 Å². The molecule has 7 heteroatoms. The van der Waals surface area contributed by atoms with Gasteiger partial charge in [0.1, 0.15) is 5.75 Å². The number of ether oxygens (including phenoxy) is 2. The zero-order chi connectivity index (χ0) is 16.1. The molecule has 7 nitrogen and oxygen atoms in total. The van der Waals surface area contributed by atoms with Gasteiger partial charge in [0.15, 0.2) is 5.69 Å². The van der Waals surface area contributed by atoms with Crippen LogP contribution in [0.5, 0.6) is 5.75 Å². The van der Waals surface area contributed by atoms with E-state index < -0.39 is 5.97 Å². The Hall–Kier alpha value is -2.83. The van der Waals surface area contributed by atoms with Crippen LogP contribution in [-0.2, 0) is 11.8 Å². The molecule has 0 aliphatic heterocycles. The van der Waals surface area contributed by atoms with Gasteiger partial charge in [0.05, 0.1) is 19.4 Å². The van der Waals surface area contributed by atoms with Crippen molar-refractivity contribution in [1.29, 1.82) is 0 Å². The van der Waals surface area contributed by atoms with Crippen molar-refractivity contribution in [1.82, 2.24) is 9.78 Å². The summed E-state index contributed by atoms with van der Waals surface area (Å²) >= 11 is 0. The van der Waals surface area contributed by atoms with Gasteiger partial charge in [0.25, 0.3) is 5.91 Å². The number of carbonyl (C=O) groups excluding carboxylic acids is 2. The van der Waals surface area contributed by atoms with Crippen LogP contribution in [0.4, 0.5) is 5.69 Å². The first kappa shape index (κ1) is 15.6. The summed E-state index contributed by atoms with van der Waals surface area (Å²) < 4.78 is 11.4. The normalized spacial score (nSPS) is 10.1. The zero-order valence-corrected chi connectivity index (χ0v) is 12.6. The molecule has 116 valence electrons. The van der Waals surface area contributed by atoms with Gasteiger partial charge in [0.2, 0.25) is 0 Å². The van der Waals surface area contributed by atoms with Crippen LogP contribution >= 0.6 is 0 Å². The quantitative estimate of drug-likeness (QED) is 0.852. The van der Waals surface area contributed by atoms with Crippen molar-refractivity contribution >= 4 is 17.6 Å². The van der Waals surface area contributed by atoms with Crippen LogP contribution in [0.25, 0.3) is 0 Å². The lowest BCUT2D eigenvalue weighted by Gasteiger charge is -2.06. The van der Waals surface area contributed by atoms with Crippen LogP contribution in [-0.4, -0.2) is 35.4 Å². The van der Waals surface area contributed by atoms with E-state index in [2.05, 4.69) is 15.2 Å². The highest BCUT2D eigenvalue weighted by atomic mass is 16.5. The number of hydrogen-bond donors (Lipinski definition) is 1. The van der Waals surface area contributed by atoms with E-state index in [9.17, 15) is 9.59 Å². The fraction of sp³-hybridized carbons (Fsp3) is 0.267. The van der Waals surface area contributed by atoms with Crippen LogP contribution < -0.4 is 10.1 Å². The molecule has 22 heavy (non-hydrogen) atoms. The van der Waals surface area contributed by atoms with Crippen molar-refractivity contribution in [2.24, 2.45) is 7.05 Å². The van der Waals surface area contributed by atoms with Crippen molar-refractivity contribution in [3.63, 3.8) is 0 Å². The van der Waals surface area contributed by atoms with E-state index in [1.54, 1.807) is 37.5 Å². The van der Waals surface area contributed by atoms with Crippen molar-refractivity contribution in [3.8, 4) is 5.75 Å². The number of nitrogens with zero attached hydrogens (tertiary/aromatic N) is 2. The van der Waals surface area contributed by atoms with E-state index in [4.69, 9.17) is 4.74 Å². The number of nitrogens with one attached hydrogen (secondary N) is 1. The number of methoxy groups -OCH3 is 1. The summed E-state index contributed by atoms with van der Waals surface area (Å²) in [5.74, 6) is -0.264. The number of hydrogen-bond acceptors (Lipinski definition) is 5. The van der Waals surface area contributed by atoms with E-state index in [0.717, 1.165) is 0 Å². The molecule has 0 atom stereocenters. The molecule has 2 rings (SSSR count). The molecule has 0 radical (unpaired) electrons. The molecule has 2 aromatic rings. The van der Waals surface area contributed by atoms with Gasteiger partial charge in [-0.25, -0.2) is 4.79 Å². The van der Waals surface area contributed by atoms with Gasteiger partial charge >= 0.3 is 5.97 Å². The fourth-order valence-corrected chi connectivity index (χ4v) is 1.89. The van der Waals surface area contributed by atoms with Gasteiger partial charge in [-0.15, -0.1) is 0 Å². The molecule has 1 aromatic carbocycles. The predicted octanol–water partition coefficient (Wildman–Crippen LogP) is 1.86. The summed E-state index contributed by atoms with van der Waals surface area (Å²) in [6, 6.07) is 6.72. The molecule has 0 fully saturated rings. The summed E-state index contributed by atoms with van der Waals surface area (Å²) in [5, 5.41) is 6.62. The Balaban J connectivity index is 2.16. The molecular weight excluding hydrogens is 286 g/mol. The largest absolute Gasteiger partial charge is 0.494 e. The fourth-order valence-electron chi connectivity index (χ4n) is 1.89. The topological polar surface area (TPSA) is 82.5 Å². The van der Waals surface area contributed by atoms with Gasteiger partial charge in [-0.2, -0.15) is 5.10 Å². The minimum Gasteiger partial charge on any atom is -0.494 e. The minimum atomic E-state index is -0.609. The van der Waals surface area contributed by atoms with E-state index in [1.165, 1.54) is 11.8 Å². The molecule has 0 aliphatic rings. The highest BCUT2D eigenvalue weighted by Gasteiger charge is 2.19. The molecule has 1 aromatic heterocycles. The number of rotatable bonds is 5. The Bertz CT molecular complexity index is 677. The molecule has 0 unspecified atom stereocenters. The first-order valence-electron chi connectivity index (χ1n) is 6.71. The van der Waals surface area contributed by atoms with Gasteiger partial charge in [-0.3, -0.25) is 9.48 Å². The Morgan fingerprint density at radius 2 is 1.95 bits per heavy atom. The third-order valence-electron chi connectivity index (χ3n) is 2.88. The second kappa shape index (κ2) is 6.75. The van der Waals surface area contributed by atoms with Gasteiger partial charge in [-0.05, 0) is 31.2 Å². The molecule has 1 N–H and O–H groups in total. The lowest BCUT2D eigenvalue weighted by atomic mass is 10.2. The van der Waals surface area contributed by atoms with Gasteiger partial charge in [-0.1, -0.05) is 0 Å². The molecule has 0 spiro atoms. The summed E-state index contributed by atoms with van der Waals surface area (Å²) in [6.45, 7) is 2.45. The van der Waals surface area contributed by atoms with Crippen LogP contribution in [0.3, 0.4) is 0 Å². The second-order valence-corrected chi connectivity index (χ2v) is 4.47. The first-order chi connectivity index (χ1) is 10.5. The van der Waals surface area contributed by atoms with Crippen LogP contribution in [0.2, 0.25) is 0 Å². The summed E-state index contributed by atoms with van der Waals surface area (Å²) in [7, 11) is 2.91. The maximum absolute atomic E-state index is 12.2. The van der Waals surface area contributed by atoms with Gasteiger partial charge < -0.3 is 14.8 Å². The standard InChI is InChI=1S/C15H17N3O4/c1-4-22-11-7-5-10(6-8-11)14(19)16-12-9-18(2)17-13(12)15(20)21-3/h5-9H,4H2,1-3H3,(H,16,19). The third-order valence-corrected chi connectivity index (χ3v) is 2.88. The number of aryl methyl sites for hydroxylation is 1. The Morgan fingerprint density at radius 1 is 1.27 bits per heavy atom. The highest BCUT2D eigenvalue weighted by Crippen LogP contribution is 2.17. The molecule has 0 saturated heterocycles. The van der Waals surface area contributed by atoms with Crippen molar-refractivity contribution < 1.29 is 19.1 Å². The van der Waals surface area contributed by atoms with E-state index in [-0.39, 0.29) is 11.6 Å². The Kier molecular flexibility index (Phi) is 4.77. The summed E-state index contributed by atoms with van der Waals surface area (Å²) in [4.78, 5) is 23.8. The van der Waals surface area contributed by atoms with Crippen LogP contribution in [0.15, 0.2) is 30.5 Å². The zero-order valence-electron chi connectivity index (χ0n) is 12.6. The average molecular weight is 303 g/mol. The predicted molar refractivity (Wildman–Crippen MR) is 80.1 cm³/mol. The molecule has 0 bridgehead atoms. The number of carbonyl (C=O) groups is 2. The second-order valence-electron chi connectivity index (χ2n) is 4.47. The van der Waals surface area contributed by atoms with Gasteiger partial charge in [0, 0.05) is 18.8 Å². The smallest absolute Gasteiger partial charge is 0.360 e. The highest BCUT2D eigenvalue weighted by molar-refractivity contribution is 6.07.